The summed E-state index contributed by atoms with van der Waals surface area (Å²) in [6.45, 7) is 0.620. The molecule has 1 aliphatic rings. The number of nitrogens with zero attached hydrogens (tertiary/aromatic N) is 1. The molecule has 1 aromatic heterocycles. The topological polar surface area (TPSA) is 51.2 Å². The van der Waals surface area contributed by atoms with Gasteiger partial charge >= 0.3 is 0 Å². The van der Waals surface area contributed by atoms with Crippen molar-refractivity contribution in [2.45, 2.75) is 24.9 Å². The Labute approximate surface area is 146 Å². The van der Waals surface area contributed by atoms with E-state index in [1.807, 2.05) is 48.5 Å². The van der Waals surface area contributed by atoms with E-state index in [1.54, 1.807) is 6.20 Å². The quantitative estimate of drug-likeness (QED) is 0.784. The molecule has 4 nitrogen and oxygen atoms in total. The molecule has 0 aliphatic carbocycles. The Bertz CT molecular complexity index is 874. The summed E-state index contributed by atoms with van der Waals surface area (Å²) in [4.78, 5) is 17.3. The maximum absolute atomic E-state index is 12.9. The minimum Gasteiger partial charge on any atom is -0.368 e. The van der Waals surface area contributed by atoms with Crippen molar-refractivity contribution in [1.29, 1.82) is 0 Å². The molecule has 1 saturated heterocycles. The van der Waals surface area contributed by atoms with Crippen LogP contribution < -0.4 is 5.32 Å². The smallest absolute Gasteiger partial charge is 0.254 e. The van der Waals surface area contributed by atoms with Crippen LogP contribution >= 0.6 is 0 Å². The number of carbonyl (C=O) groups excluding carboxylic acids is 1. The Kier molecular flexibility index (Phi) is 4.44. The summed E-state index contributed by atoms with van der Waals surface area (Å²) < 4.78 is 5.86. The predicted octanol–water partition coefficient (Wildman–Crippen LogP) is 4.14. The van der Waals surface area contributed by atoms with Crippen LogP contribution in [-0.4, -0.2) is 23.6 Å². The first kappa shape index (κ1) is 15.8. The number of rotatable bonds is 3. The Hall–Kier alpha value is -2.72. The Morgan fingerprint density at radius 2 is 1.88 bits per heavy atom. The fourth-order valence-electron chi connectivity index (χ4n) is 3.49. The lowest BCUT2D eigenvalue weighted by molar-refractivity contribution is -0.131. The van der Waals surface area contributed by atoms with Crippen LogP contribution in [0.15, 0.2) is 66.9 Å². The third-order valence-corrected chi connectivity index (χ3v) is 4.70. The molecule has 3 aromatic rings. The van der Waals surface area contributed by atoms with Crippen LogP contribution in [0.5, 0.6) is 0 Å². The molecule has 2 aromatic carbocycles. The van der Waals surface area contributed by atoms with Gasteiger partial charge in [-0.05, 0) is 30.5 Å². The molecule has 4 heteroatoms. The van der Waals surface area contributed by atoms with Crippen molar-refractivity contribution in [2.75, 3.05) is 11.9 Å². The third kappa shape index (κ3) is 3.26. The lowest BCUT2D eigenvalue weighted by atomic mass is 9.87. The van der Waals surface area contributed by atoms with Crippen LogP contribution in [0.1, 0.15) is 24.3 Å². The highest BCUT2D eigenvalue weighted by atomic mass is 16.5. The molecular weight excluding hydrogens is 312 g/mol. The zero-order valence-corrected chi connectivity index (χ0v) is 13.9. The Morgan fingerprint density at radius 3 is 2.76 bits per heavy atom. The number of nitrogens with one attached hydrogen (secondary N) is 1. The fraction of sp³-hybridized carbons (Fsp3) is 0.238. The average molecular weight is 332 g/mol. The second-order valence-corrected chi connectivity index (χ2v) is 6.32. The highest BCUT2D eigenvalue weighted by Crippen LogP contribution is 2.32. The molecule has 2 atom stereocenters. The first-order valence-electron chi connectivity index (χ1n) is 8.64. The lowest BCUT2D eigenvalue weighted by Crippen LogP contribution is -2.39. The van der Waals surface area contributed by atoms with Gasteiger partial charge in [0.1, 0.15) is 6.10 Å². The summed E-state index contributed by atoms with van der Waals surface area (Å²) >= 11 is 0. The molecule has 0 unspecified atom stereocenters. The number of anilines is 1. The SMILES string of the molecule is O=C(Nc1cccc2cccnc12)[C@H]1OCCC[C@H]1c1ccccc1. The molecule has 126 valence electrons. The monoisotopic (exact) mass is 332 g/mol. The maximum Gasteiger partial charge on any atom is 0.254 e. The number of benzene rings is 2. The van der Waals surface area contributed by atoms with E-state index in [0.717, 1.165) is 35.0 Å². The average Bonchev–Trinajstić information content (AvgIpc) is 2.69. The number of aromatic nitrogens is 1. The van der Waals surface area contributed by atoms with Gasteiger partial charge in [-0.2, -0.15) is 0 Å². The highest BCUT2D eigenvalue weighted by molar-refractivity contribution is 6.02. The van der Waals surface area contributed by atoms with E-state index < -0.39 is 6.10 Å². The standard InChI is InChI=1S/C21H20N2O2/c24-21(23-18-12-4-9-16-10-5-13-22-19(16)18)20-17(11-6-14-25-20)15-7-2-1-3-8-15/h1-5,7-10,12-13,17,20H,6,11,14H2,(H,23,24)/t17-,20-/m0/s1. The van der Waals surface area contributed by atoms with E-state index >= 15 is 0 Å². The third-order valence-electron chi connectivity index (χ3n) is 4.70. The zero-order valence-electron chi connectivity index (χ0n) is 13.9. The highest BCUT2D eigenvalue weighted by Gasteiger charge is 2.33. The van der Waals surface area contributed by atoms with Crippen molar-refractivity contribution >= 4 is 22.5 Å². The minimum atomic E-state index is -0.477. The predicted molar refractivity (Wildman–Crippen MR) is 98.5 cm³/mol. The van der Waals surface area contributed by atoms with Crippen LogP contribution in [0.2, 0.25) is 0 Å². The first-order valence-corrected chi connectivity index (χ1v) is 8.64. The molecule has 1 fully saturated rings. The fourth-order valence-corrected chi connectivity index (χ4v) is 3.49. The summed E-state index contributed by atoms with van der Waals surface area (Å²) in [5, 5.41) is 4.03. The molecule has 4 rings (SSSR count). The van der Waals surface area contributed by atoms with Gasteiger partial charge in [0.25, 0.3) is 5.91 Å². The normalized spacial score (nSPS) is 20.3. The minimum absolute atomic E-state index is 0.0814. The number of pyridine rings is 1. The number of ether oxygens (including phenoxy) is 1. The van der Waals surface area contributed by atoms with E-state index in [1.165, 1.54) is 0 Å². The van der Waals surface area contributed by atoms with E-state index in [9.17, 15) is 4.79 Å². The molecule has 0 spiro atoms. The maximum atomic E-state index is 12.9. The van der Waals surface area contributed by atoms with Gasteiger partial charge < -0.3 is 10.1 Å². The van der Waals surface area contributed by atoms with Gasteiger partial charge in [0.2, 0.25) is 0 Å². The molecule has 0 saturated carbocycles. The van der Waals surface area contributed by atoms with Gasteiger partial charge in [0.15, 0.2) is 0 Å². The van der Waals surface area contributed by atoms with Gasteiger partial charge in [0.05, 0.1) is 11.2 Å². The molecule has 2 heterocycles. The van der Waals surface area contributed by atoms with Crippen LogP contribution in [0.4, 0.5) is 5.69 Å². The summed E-state index contributed by atoms with van der Waals surface area (Å²) in [6.07, 6.45) is 3.19. The Morgan fingerprint density at radius 1 is 1.04 bits per heavy atom. The van der Waals surface area contributed by atoms with E-state index in [2.05, 4.69) is 22.4 Å². The number of amides is 1. The molecule has 25 heavy (non-hydrogen) atoms. The van der Waals surface area contributed by atoms with Gasteiger partial charge in [-0.25, -0.2) is 0 Å². The van der Waals surface area contributed by atoms with Crippen LogP contribution in [0.3, 0.4) is 0 Å². The van der Waals surface area contributed by atoms with Crippen molar-refractivity contribution < 1.29 is 9.53 Å². The van der Waals surface area contributed by atoms with Crippen LogP contribution in [0.25, 0.3) is 10.9 Å². The van der Waals surface area contributed by atoms with Crippen molar-refractivity contribution in [3.8, 4) is 0 Å². The number of carbonyl (C=O) groups is 1. The lowest BCUT2D eigenvalue weighted by Gasteiger charge is -2.31. The van der Waals surface area contributed by atoms with E-state index in [0.29, 0.717) is 6.61 Å². The molecule has 0 bridgehead atoms. The molecular formula is C21H20N2O2. The summed E-state index contributed by atoms with van der Waals surface area (Å²) in [6, 6.07) is 19.8. The van der Waals surface area contributed by atoms with Crippen LogP contribution in [0, 0.1) is 0 Å². The van der Waals surface area contributed by atoms with Crippen molar-refractivity contribution in [2.24, 2.45) is 0 Å². The molecule has 1 aliphatic heterocycles. The molecule has 1 amide bonds. The van der Waals surface area contributed by atoms with Gasteiger partial charge in [-0.15, -0.1) is 0 Å². The zero-order chi connectivity index (χ0) is 17.1. The van der Waals surface area contributed by atoms with Crippen molar-refractivity contribution in [3.63, 3.8) is 0 Å². The summed E-state index contributed by atoms with van der Waals surface area (Å²) in [5.74, 6) is -0.0235. The summed E-state index contributed by atoms with van der Waals surface area (Å²) in [7, 11) is 0. The largest absolute Gasteiger partial charge is 0.368 e. The molecule has 0 radical (unpaired) electrons. The second kappa shape index (κ2) is 7.03. The van der Waals surface area contributed by atoms with E-state index in [4.69, 9.17) is 4.74 Å². The van der Waals surface area contributed by atoms with Gasteiger partial charge in [0, 0.05) is 24.1 Å². The summed E-state index contributed by atoms with van der Waals surface area (Å²) in [5.41, 5.74) is 2.67. The first-order chi connectivity index (χ1) is 12.3. The number of hydrogen-bond donors (Lipinski definition) is 1. The second-order valence-electron chi connectivity index (χ2n) is 6.32. The van der Waals surface area contributed by atoms with Crippen molar-refractivity contribution in [3.05, 3.63) is 72.4 Å². The van der Waals surface area contributed by atoms with Crippen molar-refractivity contribution in [1.82, 2.24) is 4.98 Å². The Balaban J connectivity index is 1.60. The molecule has 1 N–H and O–H groups in total. The van der Waals surface area contributed by atoms with Crippen LogP contribution in [-0.2, 0) is 9.53 Å². The van der Waals surface area contributed by atoms with Gasteiger partial charge in [-0.1, -0.05) is 48.5 Å². The number of fused-ring (bicyclic) bond motifs is 1. The number of para-hydroxylation sites is 1. The van der Waals surface area contributed by atoms with Gasteiger partial charge in [-0.3, -0.25) is 9.78 Å². The number of hydrogen-bond acceptors (Lipinski definition) is 3. The van der Waals surface area contributed by atoms with E-state index in [-0.39, 0.29) is 11.8 Å².